The number of hydrogen-bond acceptors (Lipinski definition) is 2. The molecule has 0 aromatic heterocycles. The van der Waals surface area contributed by atoms with Gasteiger partial charge < -0.3 is 10.2 Å². The summed E-state index contributed by atoms with van der Waals surface area (Å²) in [6.07, 6.45) is 4.37. The minimum absolute atomic E-state index is 0.611. The van der Waals surface area contributed by atoms with E-state index in [9.17, 15) is 10.2 Å². The zero-order valence-electron chi connectivity index (χ0n) is 9.01. The first-order valence-electron chi connectivity index (χ1n) is 5.02. The molecule has 0 radical (unpaired) electrons. The van der Waals surface area contributed by atoms with Crippen molar-refractivity contribution < 1.29 is 10.2 Å². The fourth-order valence-corrected chi connectivity index (χ4v) is 1.65. The molecule has 2 N–H and O–H groups in total. The Morgan fingerprint density at radius 1 is 1.15 bits per heavy atom. The predicted molar refractivity (Wildman–Crippen MR) is 55.6 cm³/mol. The topological polar surface area (TPSA) is 40.5 Å². The molecule has 2 heteroatoms. The van der Waals surface area contributed by atoms with Gasteiger partial charge in [0.15, 0.2) is 0 Å². The lowest BCUT2D eigenvalue weighted by Gasteiger charge is -2.39. The Kier molecular flexibility index (Phi) is 4.65. The maximum absolute atomic E-state index is 10.2. The van der Waals surface area contributed by atoms with Crippen molar-refractivity contribution in [2.45, 2.75) is 57.7 Å². The Morgan fingerprint density at radius 3 is 1.77 bits per heavy atom. The van der Waals surface area contributed by atoms with Gasteiger partial charge in [-0.25, -0.2) is 0 Å². The highest BCUT2D eigenvalue weighted by Gasteiger charge is 2.41. The zero-order valence-corrected chi connectivity index (χ0v) is 9.01. The highest BCUT2D eigenvalue weighted by atomic mass is 16.4. The van der Waals surface area contributed by atoms with Gasteiger partial charge in [-0.2, -0.15) is 0 Å². The van der Waals surface area contributed by atoms with Crippen LogP contribution in [-0.4, -0.2) is 21.4 Å². The molecule has 1 atom stereocenters. The molecule has 0 spiro atoms. The highest BCUT2D eigenvalue weighted by Crippen LogP contribution is 2.32. The third kappa shape index (κ3) is 2.82. The van der Waals surface area contributed by atoms with Crippen LogP contribution >= 0.6 is 0 Å². The monoisotopic (exact) mass is 186 g/mol. The molecule has 13 heavy (non-hydrogen) atoms. The van der Waals surface area contributed by atoms with Crippen molar-refractivity contribution in [1.82, 2.24) is 0 Å². The fourth-order valence-electron chi connectivity index (χ4n) is 1.65. The largest absolute Gasteiger partial charge is 0.387 e. The first-order valence-corrected chi connectivity index (χ1v) is 5.02. The Balaban J connectivity index is 4.65. The lowest BCUT2D eigenvalue weighted by molar-refractivity contribution is -0.123. The summed E-state index contributed by atoms with van der Waals surface area (Å²) in [5.41, 5.74) is -2.20. The van der Waals surface area contributed by atoms with E-state index in [0.29, 0.717) is 12.8 Å². The first-order chi connectivity index (χ1) is 5.93. The standard InChI is InChI=1S/C11H22O2/c1-5-8-11(13,9-6-2)10(4,12)7-3/h7,12-13H,3,5-6,8-9H2,1-2,4H3. The number of hydrogen-bond donors (Lipinski definition) is 2. The summed E-state index contributed by atoms with van der Waals surface area (Å²) < 4.78 is 0. The van der Waals surface area contributed by atoms with Crippen LogP contribution in [0.1, 0.15) is 46.5 Å². The van der Waals surface area contributed by atoms with Crippen LogP contribution in [0, 0.1) is 0 Å². The van der Waals surface area contributed by atoms with Crippen molar-refractivity contribution in [2.24, 2.45) is 0 Å². The minimum Gasteiger partial charge on any atom is -0.387 e. The van der Waals surface area contributed by atoms with Crippen LogP contribution in [0.3, 0.4) is 0 Å². The lowest BCUT2D eigenvalue weighted by atomic mass is 9.78. The summed E-state index contributed by atoms with van der Waals surface area (Å²) in [6.45, 7) is 9.17. The van der Waals surface area contributed by atoms with Crippen LogP contribution in [0.5, 0.6) is 0 Å². The van der Waals surface area contributed by atoms with Gasteiger partial charge in [0.1, 0.15) is 5.60 Å². The molecule has 78 valence electrons. The third-order valence-electron chi connectivity index (χ3n) is 2.67. The normalized spacial score (nSPS) is 16.7. The molecule has 0 rings (SSSR count). The van der Waals surface area contributed by atoms with Crippen LogP contribution in [0.25, 0.3) is 0 Å². The van der Waals surface area contributed by atoms with Crippen LogP contribution in [-0.2, 0) is 0 Å². The molecule has 0 aliphatic heterocycles. The second kappa shape index (κ2) is 4.77. The molecule has 1 unspecified atom stereocenters. The quantitative estimate of drug-likeness (QED) is 0.625. The minimum atomic E-state index is -1.18. The zero-order chi connectivity index (χ0) is 10.5. The molecular formula is C11H22O2. The SMILES string of the molecule is C=CC(C)(O)C(O)(CCC)CCC. The Morgan fingerprint density at radius 2 is 1.54 bits per heavy atom. The average molecular weight is 186 g/mol. The maximum atomic E-state index is 10.2. The molecule has 0 aromatic rings. The number of rotatable bonds is 6. The van der Waals surface area contributed by atoms with E-state index in [-0.39, 0.29) is 0 Å². The summed E-state index contributed by atoms with van der Waals surface area (Å²) in [6, 6.07) is 0. The van der Waals surface area contributed by atoms with E-state index in [2.05, 4.69) is 6.58 Å². The van der Waals surface area contributed by atoms with E-state index < -0.39 is 11.2 Å². The molecule has 0 aromatic carbocycles. The summed E-state index contributed by atoms with van der Waals surface area (Å²) >= 11 is 0. The van der Waals surface area contributed by atoms with E-state index in [0.717, 1.165) is 12.8 Å². The van der Waals surface area contributed by atoms with Gasteiger partial charge in [0.05, 0.1) is 5.60 Å². The third-order valence-corrected chi connectivity index (χ3v) is 2.67. The molecule has 0 heterocycles. The summed E-state index contributed by atoms with van der Waals surface area (Å²) in [7, 11) is 0. The van der Waals surface area contributed by atoms with Crippen molar-refractivity contribution in [3.63, 3.8) is 0 Å². The number of aliphatic hydroxyl groups is 2. The molecule has 2 nitrogen and oxygen atoms in total. The molecule has 0 amide bonds. The van der Waals surface area contributed by atoms with Crippen molar-refractivity contribution in [3.05, 3.63) is 12.7 Å². The van der Waals surface area contributed by atoms with Gasteiger partial charge in [0.2, 0.25) is 0 Å². The van der Waals surface area contributed by atoms with E-state index >= 15 is 0 Å². The molecule has 0 saturated carbocycles. The van der Waals surface area contributed by atoms with E-state index in [1.54, 1.807) is 6.92 Å². The Labute approximate surface area is 81.3 Å². The predicted octanol–water partition coefficient (Wildman–Crippen LogP) is 2.25. The van der Waals surface area contributed by atoms with Crippen LogP contribution < -0.4 is 0 Å². The highest BCUT2D eigenvalue weighted by molar-refractivity contribution is 5.06. The van der Waals surface area contributed by atoms with Crippen molar-refractivity contribution in [1.29, 1.82) is 0 Å². The second-order valence-electron chi connectivity index (χ2n) is 3.88. The van der Waals surface area contributed by atoms with Crippen molar-refractivity contribution >= 4 is 0 Å². The fraction of sp³-hybridized carbons (Fsp3) is 0.818. The molecule has 0 fully saturated rings. The Bertz CT molecular complexity index is 155. The molecule has 0 aliphatic carbocycles. The second-order valence-corrected chi connectivity index (χ2v) is 3.88. The summed E-state index contributed by atoms with van der Waals surface area (Å²) in [4.78, 5) is 0. The molecular weight excluding hydrogens is 164 g/mol. The van der Waals surface area contributed by atoms with Gasteiger partial charge in [-0.3, -0.25) is 0 Å². The van der Waals surface area contributed by atoms with Gasteiger partial charge in [-0.05, 0) is 19.8 Å². The van der Waals surface area contributed by atoms with Crippen molar-refractivity contribution in [3.8, 4) is 0 Å². The average Bonchev–Trinajstić information content (AvgIpc) is 2.05. The van der Waals surface area contributed by atoms with Crippen molar-refractivity contribution in [2.75, 3.05) is 0 Å². The summed E-state index contributed by atoms with van der Waals surface area (Å²) in [5.74, 6) is 0. The van der Waals surface area contributed by atoms with E-state index in [1.807, 2.05) is 13.8 Å². The van der Waals surface area contributed by atoms with Gasteiger partial charge >= 0.3 is 0 Å². The first kappa shape index (κ1) is 12.7. The Hall–Kier alpha value is -0.340. The molecule has 0 aliphatic rings. The molecule has 0 saturated heterocycles. The van der Waals surface area contributed by atoms with Gasteiger partial charge in [-0.1, -0.05) is 32.8 Å². The van der Waals surface area contributed by atoms with E-state index in [1.165, 1.54) is 6.08 Å². The maximum Gasteiger partial charge on any atom is 0.108 e. The molecule has 0 bridgehead atoms. The lowest BCUT2D eigenvalue weighted by Crippen LogP contribution is -2.50. The van der Waals surface area contributed by atoms with E-state index in [4.69, 9.17) is 0 Å². The van der Waals surface area contributed by atoms with Gasteiger partial charge in [0, 0.05) is 0 Å². The van der Waals surface area contributed by atoms with Crippen LogP contribution in [0.2, 0.25) is 0 Å². The van der Waals surface area contributed by atoms with Gasteiger partial charge in [-0.15, -0.1) is 6.58 Å². The summed E-state index contributed by atoms with van der Waals surface area (Å²) in [5, 5.41) is 20.2. The smallest absolute Gasteiger partial charge is 0.108 e. The van der Waals surface area contributed by atoms with Crippen LogP contribution in [0.15, 0.2) is 12.7 Å². The van der Waals surface area contributed by atoms with Gasteiger partial charge in [0.25, 0.3) is 0 Å². The van der Waals surface area contributed by atoms with Crippen LogP contribution in [0.4, 0.5) is 0 Å².